The minimum absolute atomic E-state index is 1.31. The molecule has 2 aromatic carbocycles. The highest BCUT2D eigenvalue weighted by Gasteiger charge is 1.85. The van der Waals surface area contributed by atoms with Crippen LogP contribution in [0.3, 0.4) is 0 Å². The van der Waals surface area contributed by atoms with Gasteiger partial charge in [-0.2, -0.15) is 10.2 Å². The van der Waals surface area contributed by atoms with Gasteiger partial charge in [0.25, 0.3) is 0 Å². The van der Waals surface area contributed by atoms with Gasteiger partial charge in [0.2, 0.25) is 0 Å². The first kappa shape index (κ1) is 10.3. The molecule has 0 fully saturated rings. The first-order chi connectivity index (χ1) is 7.97. The SMILES string of the molecule is c1ccc2ccccc2c1.c1ccnnc1. The molecule has 0 radical (unpaired) electrons. The van der Waals surface area contributed by atoms with Crippen LogP contribution in [0.4, 0.5) is 0 Å². The molecular weight excluding hydrogens is 196 g/mol. The second kappa shape index (κ2) is 5.61. The molecule has 3 rings (SSSR count). The molecule has 0 aliphatic rings. The van der Waals surface area contributed by atoms with Gasteiger partial charge in [0.1, 0.15) is 0 Å². The number of fused-ring (bicyclic) bond motifs is 1. The molecule has 0 N–H and O–H groups in total. The zero-order valence-electron chi connectivity index (χ0n) is 8.82. The molecule has 0 aliphatic heterocycles. The maximum atomic E-state index is 3.53. The minimum Gasteiger partial charge on any atom is -0.159 e. The molecule has 78 valence electrons. The minimum atomic E-state index is 1.31. The van der Waals surface area contributed by atoms with Crippen LogP contribution < -0.4 is 0 Å². The predicted octanol–water partition coefficient (Wildman–Crippen LogP) is 3.32. The van der Waals surface area contributed by atoms with Gasteiger partial charge in [-0.1, -0.05) is 48.5 Å². The van der Waals surface area contributed by atoms with E-state index in [0.29, 0.717) is 0 Å². The normalized spacial score (nSPS) is 9.25. The van der Waals surface area contributed by atoms with Gasteiger partial charge in [0, 0.05) is 12.4 Å². The summed E-state index contributed by atoms with van der Waals surface area (Å²) < 4.78 is 0. The van der Waals surface area contributed by atoms with Crippen molar-refractivity contribution in [2.24, 2.45) is 0 Å². The lowest BCUT2D eigenvalue weighted by Crippen LogP contribution is -1.69. The number of rotatable bonds is 0. The van der Waals surface area contributed by atoms with Crippen molar-refractivity contribution in [3.63, 3.8) is 0 Å². The fraction of sp³-hybridized carbons (Fsp3) is 0. The van der Waals surface area contributed by atoms with Gasteiger partial charge >= 0.3 is 0 Å². The Hall–Kier alpha value is -2.22. The van der Waals surface area contributed by atoms with Crippen molar-refractivity contribution in [2.75, 3.05) is 0 Å². The summed E-state index contributed by atoms with van der Waals surface area (Å²) in [4.78, 5) is 0. The lowest BCUT2D eigenvalue weighted by molar-refractivity contribution is 1.03. The lowest BCUT2D eigenvalue weighted by Gasteiger charge is -1.92. The quantitative estimate of drug-likeness (QED) is 0.566. The Labute approximate surface area is 94.6 Å². The standard InChI is InChI=1S/C10H8.C4H4N2/c1-2-6-10-8-4-3-7-9(10)5-1;1-2-4-6-5-3-1/h1-8H;1-4H. The fourth-order valence-corrected chi connectivity index (χ4v) is 1.39. The second-order valence-corrected chi connectivity index (χ2v) is 3.26. The molecule has 16 heavy (non-hydrogen) atoms. The smallest absolute Gasteiger partial charge is 0.0496 e. The molecule has 0 atom stereocenters. The van der Waals surface area contributed by atoms with Crippen molar-refractivity contribution in [1.82, 2.24) is 10.2 Å². The van der Waals surface area contributed by atoms with Crippen molar-refractivity contribution in [3.8, 4) is 0 Å². The van der Waals surface area contributed by atoms with Crippen LogP contribution in [0.2, 0.25) is 0 Å². The maximum Gasteiger partial charge on any atom is 0.0496 e. The summed E-state index contributed by atoms with van der Waals surface area (Å²) in [7, 11) is 0. The molecule has 0 aliphatic carbocycles. The van der Waals surface area contributed by atoms with Gasteiger partial charge in [0.05, 0.1) is 0 Å². The summed E-state index contributed by atoms with van der Waals surface area (Å²) >= 11 is 0. The third kappa shape index (κ3) is 2.89. The van der Waals surface area contributed by atoms with E-state index < -0.39 is 0 Å². The lowest BCUT2D eigenvalue weighted by atomic mass is 10.1. The second-order valence-electron chi connectivity index (χ2n) is 3.26. The average Bonchev–Trinajstić information content (AvgIpc) is 2.42. The summed E-state index contributed by atoms with van der Waals surface area (Å²) in [6.07, 6.45) is 3.28. The van der Waals surface area contributed by atoms with E-state index in [4.69, 9.17) is 0 Å². The molecule has 1 aromatic heterocycles. The van der Waals surface area contributed by atoms with Crippen LogP contribution in [0, 0.1) is 0 Å². The molecule has 3 aromatic rings. The Kier molecular flexibility index (Phi) is 3.61. The van der Waals surface area contributed by atoms with Crippen LogP contribution in [0.15, 0.2) is 73.1 Å². The van der Waals surface area contributed by atoms with Crippen molar-refractivity contribution in [1.29, 1.82) is 0 Å². The van der Waals surface area contributed by atoms with Crippen molar-refractivity contribution in [2.45, 2.75) is 0 Å². The topological polar surface area (TPSA) is 25.8 Å². The van der Waals surface area contributed by atoms with Crippen LogP contribution in [0.5, 0.6) is 0 Å². The molecule has 2 heteroatoms. The predicted molar refractivity (Wildman–Crippen MR) is 66.0 cm³/mol. The van der Waals surface area contributed by atoms with Crippen LogP contribution in [0.1, 0.15) is 0 Å². The van der Waals surface area contributed by atoms with Crippen LogP contribution in [-0.4, -0.2) is 10.2 Å². The van der Waals surface area contributed by atoms with Crippen LogP contribution in [-0.2, 0) is 0 Å². The molecule has 0 bridgehead atoms. The van der Waals surface area contributed by atoms with Crippen molar-refractivity contribution >= 4 is 10.8 Å². The fourth-order valence-electron chi connectivity index (χ4n) is 1.39. The zero-order chi connectivity index (χ0) is 11.1. The van der Waals surface area contributed by atoms with Gasteiger partial charge < -0.3 is 0 Å². The largest absolute Gasteiger partial charge is 0.159 e. The third-order valence-corrected chi connectivity index (χ3v) is 2.14. The van der Waals surface area contributed by atoms with E-state index in [1.165, 1.54) is 10.8 Å². The summed E-state index contributed by atoms with van der Waals surface area (Å²) in [6, 6.07) is 20.4. The molecule has 2 nitrogen and oxygen atoms in total. The molecule has 0 saturated carbocycles. The first-order valence-corrected chi connectivity index (χ1v) is 5.12. The molecule has 1 heterocycles. The molecule has 0 spiro atoms. The third-order valence-electron chi connectivity index (χ3n) is 2.14. The van der Waals surface area contributed by atoms with Crippen LogP contribution in [0.25, 0.3) is 10.8 Å². The summed E-state index contributed by atoms with van der Waals surface area (Å²) in [5.74, 6) is 0. The Morgan fingerprint density at radius 2 is 0.875 bits per heavy atom. The monoisotopic (exact) mass is 208 g/mol. The highest BCUT2D eigenvalue weighted by atomic mass is 15.1. The van der Waals surface area contributed by atoms with Crippen molar-refractivity contribution in [3.05, 3.63) is 73.1 Å². The molecule has 0 amide bonds. The molecule has 0 unspecified atom stereocenters. The van der Waals surface area contributed by atoms with E-state index >= 15 is 0 Å². The zero-order valence-corrected chi connectivity index (χ0v) is 8.82. The van der Waals surface area contributed by atoms with Gasteiger partial charge in [-0.15, -0.1) is 0 Å². The summed E-state index contributed by atoms with van der Waals surface area (Å²) in [5.41, 5.74) is 0. The van der Waals surface area contributed by atoms with E-state index in [1.54, 1.807) is 12.4 Å². The number of aromatic nitrogens is 2. The Morgan fingerprint density at radius 1 is 0.500 bits per heavy atom. The van der Waals surface area contributed by atoms with E-state index in [9.17, 15) is 0 Å². The highest BCUT2D eigenvalue weighted by molar-refractivity contribution is 5.81. The van der Waals surface area contributed by atoms with Crippen LogP contribution >= 0.6 is 0 Å². The molecular formula is C14H12N2. The number of nitrogens with zero attached hydrogens (tertiary/aromatic N) is 2. The van der Waals surface area contributed by atoms with Gasteiger partial charge in [-0.25, -0.2) is 0 Å². The maximum absolute atomic E-state index is 3.53. The van der Waals surface area contributed by atoms with Gasteiger partial charge in [0.15, 0.2) is 0 Å². The average molecular weight is 208 g/mol. The van der Waals surface area contributed by atoms with E-state index in [1.807, 2.05) is 12.1 Å². The highest BCUT2D eigenvalue weighted by Crippen LogP contribution is 2.11. The van der Waals surface area contributed by atoms with E-state index in [2.05, 4.69) is 58.7 Å². The van der Waals surface area contributed by atoms with Gasteiger partial charge in [-0.05, 0) is 22.9 Å². The summed E-state index contributed by atoms with van der Waals surface area (Å²) in [6.45, 7) is 0. The number of hydrogen-bond donors (Lipinski definition) is 0. The molecule has 0 saturated heterocycles. The van der Waals surface area contributed by atoms with E-state index in [0.717, 1.165) is 0 Å². The number of benzene rings is 2. The first-order valence-electron chi connectivity index (χ1n) is 5.12. The Morgan fingerprint density at radius 3 is 1.12 bits per heavy atom. The van der Waals surface area contributed by atoms with E-state index in [-0.39, 0.29) is 0 Å². The Bertz CT molecular complexity index is 443. The number of hydrogen-bond acceptors (Lipinski definition) is 2. The summed E-state index contributed by atoms with van der Waals surface area (Å²) in [5, 5.41) is 9.69. The van der Waals surface area contributed by atoms with Gasteiger partial charge in [-0.3, -0.25) is 0 Å². The Balaban J connectivity index is 0.000000138. The van der Waals surface area contributed by atoms with Crippen molar-refractivity contribution < 1.29 is 0 Å².